The van der Waals surface area contributed by atoms with Crippen molar-refractivity contribution in [2.45, 2.75) is 44.3 Å². The summed E-state index contributed by atoms with van der Waals surface area (Å²) in [5.41, 5.74) is 2.78. The zero-order valence-electron chi connectivity index (χ0n) is 26.6. The van der Waals surface area contributed by atoms with Gasteiger partial charge in [-0.15, -0.1) is 22.7 Å². The van der Waals surface area contributed by atoms with E-state index in [1.165, 1.54) is 27.6 Å². The Morgan fingerprint density at radius 2 is 1.53 bits per heavy atom. The van der Waals surface area contributed by atoms with E-state index in [9.17, 15) is 19.2 Å². The van der Waals surface area contributed by atoms with Gasteiger partial charge < -0.3 is 20.9 Å². The van der Waals surface area contributed by atoms with E-state index in [1.54, 1.807) is 36.3 Å². The first-order valence-corrected chi connectivity index (χ1v) is 17.5. The molecule has 49 heavy (non-hydrogen) atoms. The molecule has 0 saturated carbocycles. The molecule has 4 bridgehead atoms. The van der Waals surface area contributed by atoms with Gasteiger partial charge in [0.05, 0.1) is 30.4 Å². The van der Waals surface area contributed by atoms with E-state index in [1.807, 2.05) is 60.7 Å². The van der Waals surface area contributed by atoms with Crippen LogP contribution in [0, 0.1) is 0 Å². The highest BCUT2D eigenvalue weighted by Gasteiger charge is 2.28. The van der Waals surface area contributed by atoms with Gasteiger partial charge in [0, 0.05) is 42.3 Å². The molecular formula is C35H34N8O4S2. The van der Waals surface area contributed by atoms with E-state index in [2.05, 4.69) is 35.9 Å². The molecule has 3 N–H and O–H groups in total. The topological polar surface area (TPSA) is 159 Å². The van der Waals surface area contributed by atoms with Crippen molar-refractivity contribution in [3.63, 3.8) is 0 Å². The molecule has 1 aliphatic heterocycles. The molecular weight excluding hydrogens is 661 g/mol. The monoisotopic (exact) mass is 694 g/mol. The largest absolute Gasteiger partial charge is 0.346 e. The number of benzene rings is 2. The third-order valence-electron chi connectivity index (χ3n) is 7.95. The second-order valence-corrected chi connectivity index (χ2v) is 13.3. The molecule has 0 fully saturated rings. The van der Waals surface area contributed by atoms with Crippen LogP contribution in [-0.4, -0.2) is 61.6 Å². The number of nitrogens with one attached hydrogen (secondary N) is 3. The summed E-state index contributed by atoms with van der Waals surface area (Å²) < 4.78 is 0. The Morgan fingerprint density at radius 1 is 0.857 bits per heavy atom. The number of hydrogen-bond donors (Lipinski definition) is 3. The van der Waals surface area contributed by atoms with E-state index in [0.717, 1.165) is 11.1 Å². The van der Waals surface area contributed by atoms with E-state index >= 15 is 0 Å². The highest BCUT2D eigenvalue weighted by Crippen LogP contribution is 2.25. The Balaban J connectivity index is 1.34. The van der Waals surface area contributed by atoms with Crippen LogP contribution >= 0.6 is 22.7 Å². The molecule has 5 aromatic rings. The number of thiazole rings is 2. The highest BCUT2D eigenvalue weighted by atomic mass is 32.1. The molecule has 0 radical (unpaired) electrons. The zero-order chi connectivity index (χ0) is 34.2. The summed E-state index contributed by atoms with van der Waals surface area (Å²) in [4.78, 5) is 73.4. The number of hydrogen-bond acceptors (Lipinski definition) is 10. The van der Waals surface area contributed by atoms with Crippen LogP contribution < -0.4 is 16.0 Å². The number of nitrogens with zero attached hydrogens (tertiary/aromatic N) is 5. The van der Waals surface area contributed by atoms with Gasteiger partial charge in [0.15, 0.2) is 0 Å². The van der Waals surface area contributed by atoms with Gasteiger partial charge in [0.2, 0.25) is 11.8 Å². The summed E-state index contributed by atoms with van der Waals surface area (Å²) in [5, 5.41) is 13.4. The van der Waals surface area contributed by atoms with Crippen molar-refractivity contribution in [1.82, 2.24) is 40.8 Å². The van der Waals surface area contributed by atoms with Crippen molar-refractivity contribution >= 4 is 46.3 Å². The molecule has 4 amide bonds. The van der Waals surface area contributed by atoms with Crippen LogP contribution in [0.3, 0.4) is 0 Å². The van der Waals surface area contributed by atoms with Crippen LogP contribution in [0.15, 0.2) is 90.0 Å². The molecule has 14 heteroatoms. The normalized spacial score (nSPS) is 18.8. The number of rotatable bonds is 6. The standard InChI is InChI=1S/C35H34N8O4S2/c1-22-34-41-28(20-48-34)32(46)39-26(16-23-8-4-2-5-9-23)35-42-29(21-49-35)33(47)40-27(24-10-6-3-7-11-24)18-43(19-30(44)38-22)31(45)13-12-25-17-36-14-15-37-25/h2-11,14-15,17,20-22,26-27H,12-13,16,18-19H2,1H3,(H,38,44)(H,39,46)(H,40,47)/t22-,26+,27-/m0/s1. The SMILES string of the molecule is C[C@@H]1NC(=O)CN(C(=O)CCc2cnccn2)C[C@@H](c2ccccc2)NC(=O)c2csc(n2)[C@@H](Cc2ccccc2)NC(=O)c2csc1n2. The molecule has 6 rings (SSSR count). The van der Waals surface area contributed by atoms with Crippen LogP contribution in [-0.2, 0) is 22.4 Å². The predicted molar refractivity (Wildman–Crippen MR) is 185 cm³/mol. The van der Waals surface area contributed by atoms with E-state index < -0.39 is 35.8 Å². The molecule has 0 unspecified atom stereocenters. The minimum atomic E-state index is -0.662. The minimum Gasteiger partial charge on any atom is -0.346 e. The molecule has 0 aliphatic carbocycles. The smallest absolute Gasteiger partial charge is 0.271 e. The Morgan fingerprint density at radius 3 is 2.24 bits per heavy atom. The van der Waals surface area contributed by atoms with Crippen molar-refractivity contribution < 1.29 is 19.2 Å². The van der Waals surface area contributed by atoms with Crippen molar-refractivity contribution in [3.05, 3.63) is 128 Å². The maximum absolute atomic E-state index is 13.8. The van der Waals surface area contributed by atoms with Crippen molar-refractivity contribution in [2.75, 3.05) is 13.1 Å². The first-order valence-electron chi connectivity index (χ1n) is 15.8. The van der Waals surface area contributed by atoms with Crippen LogP contribution in [0.1, 0.15) is 79.3 Å². The van der Waals surface area contributed by atoms with Gasteiger partial charge >= 0.3 is 0 Å². The zero-order valence-corrected chi connectivity index (χ0v) is 28.2. The molecule has 3 atom stereocenters. The van der Waals surface area contributed by atoms with Crippen LogP contribution in [0.25, 0.3) is 0 Å². The maximum Gasteiger partial charge on any atom is 0.271 e. The first-order chi connectivity index (χ1) is 23.8. The average molecular weight is 695 g/mol. The molecule has 2 aromatic carbocycles. The Hall–Kier alpha value is -5.34. The van der Waals surface area contributed by atoms with Gasteiger partial charge in [0.1, 0.15) is 21.4 Å². The second-order valence-electron chi connectivity index (χ2n) is 11.6. The quantitative estimate of drug-likeness (QED) is 0.238. The third kappa shape index (κ3) is 8.77. The number of aromatic nitrogens is 4. The molecule has 12 nitrogen and oxygen atoms in total. The lowest BCUT2D eigenvalue weighted by molar-refractivity contribution is -0.136. The number of carbonyl (C=O) groups excluding carboxylic acids is 4. The molecule has 1 aliphatic rings. The Kier molecular flexibility index (Phi) is 10.8. The van der Waals surface area contributed by atoms with Crippen molar-refractivity contribution in [1.29, 1.82) is 0 Å². The second kappa shape index (κ2) is 15.7. The predicted octanol–water partition coefficient (Wildman–Crippen LogP) is 4.23. The summed E-state index contributed by atoms with van der Waals surface area (Å²) in [6, 6.07) is 17.3. The molecule has 3 aromatic heterocycles. The number of carbonyl (C=O) groups is 4. The summed E-state index contributed by atoms with van der Waals surface area (Å²) in [6.07, 6.45) is 5.59. The molecule has 250 valence electrons. The van der Waals surface area contributed by atoms with Gasteiger partial charge in [-0.05, 0) is 30.9 Å². The summed E-state index contributed by atoms with van der Waals surface area (Å²) >= 11 is 2.54. The average Bonchev–Trinajstić information content (AvgIpc) is 3.82. The molecule has 0 saturated heterocycles. The fraction of sp³-hybridized carbons (Fsp3) is 0.257. The van der Waals surface area contributed by atoms with Crippen molar-refractivity contribution in [2.24, 2.45) is 0 Å². The summed E-state index contributed by atoms with van der Waals surface area (Å²) in [7, 11) is 0. The maximum atomic E-state index is 13.8. The van der Waals surface area contributed by atoms with Gasteiger partial charge in [-0.1, -0.05) is 60.7 Å². The lowest BCUT2D eigenvalue weighted by Gasteiger charge is -2.29. The van der Waals surface area contributed by atoms with E-state index in [-0.39, 0.29) is 36.8 Å². The van der Waals surface area contributed by atoms with E-state index in [0.29, 0.717) is 28.6 Å². The number of amides is 4. The number of fused-ring (bicyclic) bond motifs is 4. The van der Waals surface area contributed by atoms with Crippen molar-refractivity contribution in [3.8, 4) is 0 Å². The lowest BCUT2D eigenvalue weighted by atomic mass is 10.1. The van der Waals surface area contributed by atoms with Crippen LogP contribution in [0.4, 0.5) is 0 Å². The highest BCUT2D eigenvalue weighted by molar-refractivity contribution is 7.10. The summed E-state index contributed by atoms with van der Waals surface area (Å²) in [5.74, 6) is -1.54. The minimum absolute atomic E-state index is 0.0297. The number of aryl methyl sites for hydroxylation is 1. The van der Waals surface area contributed by atoms with Crippen LogP contribution in [0.2, 0.25) is 0 Å². The summed E-state index contributed by atoms with van der Waals surface area (Å²) in [6.45, 7) is 1.55. The van der Waals surface area contributed by atoms with Gasteiger partial charge in [0.25, 0.3) is 11.8 Å². The first kappa shape index (κ1) is 33.6. The van der Waals surface area contributed by atoms with Gasteiger partial charge in [-0.2, -0.15) is 0 Å². The van der Waals surface area contributed by atoms with Gasteiger partial charge in [-0.3, -0.25) is 29.1 Å². The van der Waals surface area contributed by atoms with Crippen LogP contribution in [0.5, 0.6) is 0 Å². The van der Waals surface area contributed by atoms with Gasteiger partial charge in [-0.25, -0.2) is 9.97 Å². The fourth-order valence-corrected chi connectivity index (χ4v) is 7.08. The fourth-order valence-electron chi connectivity index (χ4n) is 5.43. The lowest BCUT2D eigenvalue weighted by Crippen LogP contribution is -2.46. The van der Waals surface area contributed by atoms with E-state index in [4.69, 9.17) is 0 Å². The third-order valence-corrected chi connectivity index (χ3v) is 9.94. The molecule has 4 heterocycles. The Labute approximate surface area is 291 Å². The molecule has 0 spiro atoms. The Bertz CT molecular complexity index is 1900.